The fraction of sp³-hybridized carbons (Fsp3) is 0.422. The maximum atomic E-state index is 13.5. The van der Waals surface area contributed by atoms with Crippen LogP contribution < -0.4 is 4.74 Å². The number of carbonyl (C=O) groups is 2. The Morgan fingerprint density at radius 2 is 1.67 bits per heavy atom. The lowest BCUT2D eigenvalue weighted by Crippen LogP contribution is -2.72. The van der Waals surface area contributed by atoms with Crippen LogP contribution in [-0.4, -0.2) is 99.4 Å². The minimum absolute atomic E-state index is 0.0210. The van der Waals surface area contributed by atoms with Gasteiger partial charge in [-0.15, -0.1) is 0 Å². The SMILES string of the molecule is COc1cc(-c2nccc(-c3cccc(-c4ccc5c(CN(C(=O)OC(C)(C)C)C6CCOCC6)cn(C)c5n4)c3Cl)c2Cl)ccc1CN1CC2(C1)CN(C(C)=O)C2. The summed E-state index contributed by atoms with van der Waals surface area (Å²) in [4.78, 5) is 41.1. The molecule has 6 heterocycles. The number of aromatic nitrogens is 3. The third-order valence-corrected chi connectivity index (χ3v) is 12.3. The number of aryl methyl sites for hydroxylation is 1. The fourth-order valence-corrected chi connectivity index (χ4v) is 9.35. The highest BCUT2D eigenvalue weighted by atomic mass is 35.5. The average Bonchev–Trinajstić information content (AvgIpc) is 3.47. The average molecular weight is 826 g/mol. The first-order valence-electron chi connectivity index (χ1n) is 19.8. The molecule has 304 valence electrons. The van der Waals surface area contributed by atoms with E-state index < -0.39 is 5.60 Å². The van der Waals surface area contributed by atoms with Crippen molar-refractivity contribution in [2.75, 3.05) is 46.5 Å². The fourth-order valence-electron chi connectivity index (χ4n) is 8.71. The Balaban J connectivity index is 1.03. The van der Waals surface area contributed by atoms with Crippen molar-refractivity contribution in [3.8, 4) is 39.4 Å². The third-order valence-electron chi connectivity index (χ3n) is 11.5. The summed E-state index contributed by atoms with van der Waals surface area (Å²) < 4.78 is 19.3. The molecule has 0 N–H and O–H groups in total. The van der Waals surface area contributed by atoms with Crippen LogP contribution in [0.25, 0.3) is 44.7 Å². The first kappa shape index (κ1) is 40.1. The van der Waals surface area contributed by atoms with Gasteiger partial charge in [0.1, 0.15) is 17.0 Å². The number of likely N-dealkylation sites (tertiary alicyclic amines) is 2. The molecule has 3 saturated heterocycles. The maximum Gasteiger partial charge on any atom is 0.410 e. The summed E-state index contributed by atoms with van der Waals surface area (Å²) in [6.07, 6.45) is 4.98. The highest BCUT2D eigenvalue weighted by molar-refractivity contribution is 6.39. The van der Waals surface area contributed by atoms with Crippen LogP contribution >= 0.6 is 23.2 Å². The van der Waals surface area contributed by atoms with Gasteiger partial charge in [0.15, 0.2) is 0 Å². The van der Waals surface area contributed by atoms with Crippen LogP contribution in [0.1, 0.15) is 51.7 Å². The number of ether oxygens (including phenoxy) is 3. The molecule has 3 fully saturated rings. The summed E-state index contributed by atoms with van der Waals surface area (Å²) in [7, 11) is 3.65. The van der Waals surface area contributed by atoms with Crippen molar-refractivity contribution in [2.45, 2.75) is 65.3 Å². The number of halogens is 2. The standard InChI is InChI=1S/C45H50Cl2N6O5/c1-28(54)52-26-45(27-52)24-51(25-45)22-30-11-10-29(20-38(30)56-6)41-40(47)35(14-17-48-41)34-8-7-9-36(39(34)46)37-13-12-33-31(21-50(5)42(33)49-37)23-53(32-15-18-57-19-16-32)43(55)58-44(2,3)4/h7-14,17,20-21,32H,15-16,18-19,22-27H2,1-6H3. The van der Waals surface area contributed by atoms with Gasteiger partial charge in [0.05, 0.1) is 35.1 Å². The Kier molecular flexibility index (Phi) is 10.9. The van der Waals surface area contributed by atoms with Crippen molar-refractivity contribution in [2.24, 2.45) is 12.5 Å². The minimum atomic E-state index is -0.610. The lowest BCUT2D eigenvalue weighted by atomic mass is 9.72. The summed E-state index contributed by atoms with van der Waals surface area (Å²) in [5.41, 5.74) is 6.95. The Labute approximate surface area is 349 Å². The van der Waals surface area contributed by atoms with Crippen molar-refractivity contribution < 1.29 is 23.8 Å². The predicted octanol–water partition coefficient (Wildman–Crippen LogP) is 8.86. The molecule has 0 saturated carbocycles. The molecular weight excluding hydrogens is 775 g/mol. The third kappa shape index (κ3) is 7.89. The Bertz CT molecular complexity index is 2370. The quantitative estimate of drug-likeness (QED) is 0.145. The molecule has 3 aliphatic heterocycles. The lowest BCUT2D eigenvalue weighted by molar-refractivity contribution is -0.157. The molecule has 5 aromatic rings. The van der Waals surface area contributed by atoms with Crippen molar-refractivity contribution in [3.05, 3.63) is 88.2 Å². The summed E-state index contributed by atoms with van der Waals surface area (Å²) in [5, 5.41) is 1.96. The second kappa shape index (κ2) is 15.8. The smallest absolute Gasteiger partial charge is 0.410 e. The van der Waals surface area contributed by atoms with E-state index in [1.54, 1.807) is 20.2 Å². The van der Waals surface area contributed by atoms with Crippen LogP contribution in [-0.2, 0) is 34.4 Å². The van der Waals surface area contributed by atoms with Crippen LogP contribution in [0.2, 0.25) is 10.0 Å². The predicted molar refractivity (Wildman–Crippen MR) is 227 cm³/mol. The van der Waals surface area contributed by atoms with Crippen molar-refractivity contribution in [1.29, 1.82) is 0 Å². The number of rotatable bonds is 9. The van der Waals surface area contributed by atoms with E-state index >= 15 is 0 Å². The largest absolute Gasteiger partial charge is 0.496 e. The molecule has 3 aliphatic rings. The first-order chi connectivity index (χ1) is 27.7. The second-order valence-corrected chi connectivity index (χ2v) is 17.8. The highest BCUT2D eigenvalue weighted by Gasteiger charge is 2.52. The molecule has 2 amide bonds. The Morgan fingerprint density at radius 3 is 2.38 bits per heavy atom. The zero-order valence-electron chi connectivity index (χ0n) is 34.0. The summed E-state index contributed by atoms with van der Waals surface area (Å²) >= 11 is 14.4. The number of carbonyl (C=O) groups excluding carboxylic acids is 2. The van der Waals surface area contributed by atoms with E-state index in [0.29, 0.717) is 41.2 Å². The zero-order chi connectivity index (χ0) is 40.9. The normalized spacial score (nSPS) is 16.9. The lowest BCUT2D eigenvalue weighted by Gasteiger charge is -2.60. The maximum absolute atomic E-state index is 13.5. The van der Waals surface area contributed by atoms with Gasteiger partial charge in [-0.25, -0.2) is 9.78 Å². The number of methoxy groups -OCH3 is 1. The number of nitrogens with zero attached hydrogens (tertiary/aromatic N) is 6. The van der Waals surface area contributed by atoms with Gasteiger partial charge < -0.3 is 28.6 Å². The van der Waals surface area contributed by atoms with Crippen molar-refractivity contribution in [3.63, 3.8) is 0 Å². The number of amides is 2. The first-order valence-corrected chi connectivity index (χ1v) is 20.6. The molecule has 0 radical (unpaired) electrons. The summed E-state index contributed by atoms with van der Waals surface area (Å²) in [6, 6.07) is 17.9. The number of pyridine rings is 2. The minimum Gasteiger partial charge on any atom is -0.496 e. The van der Waals surface area contributed by atoms with Gasteiger partial charge in [-0.1, -0.05) is 53.5 Å². The van der Waals surface area contributed by atoms with Crippen molar-refractivity contribution in [1.82, 2.24) is 29.2 Å². The van der Waals surface area contributed by atoms with Crippen LogP contribution in [0.15, 0.2) is 67.0 Å². The van der Waals surface area contributed by atoms with Gasteiger partial charge in [-0.2, -0.15) is 0 Å². The van der Waals surface area contributed by atoms with E-state index in [1.165, 1.54) is 0 Å². The van der Waals surface area contributed by atoms with Crippen molar-refractivity contribution >= 4 is 46.2 Å². The molecule has 13 heteroatoms. The molecular formula is C45H50Cl2N6O5. The monoisotopic (exact) mass is 824 g/mol. The van der Waals surface area contributed by atoms with Crippen LogP contribution in [0.3, 0.4) is 0 Å². The number of benzene rings is 2. The molecule has 0 unspecified atom stereocenters. The number of hydrogen-bond acceptors (Lipinski definition) is 8. The molecule has 0 atom stereocenters. The zero-order valence-corrected chi connectivity index (χ0v) is 35.5. The van der Waals surface area contributed by atoms with Crippen LogP contribution in [0.5, 0.6) is 5.75 Å². The number of fused-ring (bicyclic) bond motifs is 1. The highest BCUT2D eigenvalue weighted by Crippen LogP contribution is 2.44. The molecule has 0 bridgehead atoms. The van der Waals surface area contributed by atoms with Gasteiger partial charge in [0.2, 0.25) is 5.91 Å². The van der Waals surface area contributed by atoms with E-state index in [9.17, 15) is 9.59 Å². The van der Waals surface area contributed by atoms with E-state index in [0.717, 1.165) is 95.7 Å². The second-order valence-electron chi connectivity index (χ2n) is 17.0. The summed E-state index contributed by atoms with van der Waals surface area (Å²) in [5.74, 6) is 0.920. The number of hydrogen-bond donors (Lipinski definition) is 0. The van der Waals surface area contributed by atoms with Gasteiger partial charge in [0.25, 0.3) is 0 Å². The molecule has 1 spiro atoms. The van der Waals surface area contributed by atoms with E-state index in [-0.39, 0.29) is 23.5 Å². The van der Waals surface area contributed by atoms with Crippen LogP contribution in [0.4, 0.5) is 4.79 Å². The summed E-state index contributed by atoms with van der Waals surface area (Å²) in [6.45, 7) is 13.3. The van der Waals surface area contributed by atoms with E-state index in [4.69, 9.17) is 47.4 Å². The van der Waals surface area contributed by atoms with E-state index in [2.05, 4.69) is 17.0 Å². The van der Waals surface area contributed by atoms with E-state index in [1.807, 2.05) is 90.8 Å². The van der Waals surface area contributed by atoms with Gasteiger partial charge >= 0.3 is 6.09 Å². The molecule has 3 aromatic heterocycles. The topological polar surface area (TPSA) is 102 Å². The Hall–Kier alpha value is -4.68. The molecule has 11 nitrogen and oxygen atoms in total. The van der Waals surface area contributed by atoms with Crippen LogP contribution in [0, 0.1) is 5.41 Å². The van der Waals surface area contributed by atoms with Gasteiger partial charge in [0, 0.05) is 117 Å². The van der Waals surface area contributed by atoms with Gasteiger partial charge in [-0.05, 0) is 63.4 Å². The Morgan fingerprint density at radius 1 is 0.948 bits per heavy atom. The molecule has 0 aliphatic carbocycles. The molecule has 8 rings (SSSR count). The van der Waals surface area contributed by atoms with Gasteiger partial charge in [-0.3, -0.25) is 14.7 Å². The molecule has 58 heavy (non-hydrogen) atoms. The molecule has 2 aromatic carbocycles.